The van der Waals surface area contributed by atoms with Crippen molar-refractivity contribution in [3.05, 3.63) is 47.0 Å². The monoisotopic (exact) mass is 314 g/mol. The van der Waals surface area contributed by atoms with E-state index in [1.54, 1.807) is 18.5 Å². The molecule has 2 aromatic heterocycles. The number of hydrogen-bond donors (Lipinski definition) is 1. The third-order valence-corrected chi connectivity index (χ3v) is 4.52. The number of carbonyl (C=O) groups is 1. The molecule has 2 aromatic rings. The number of nitrogens with zero attached hydrogens (tertiary/aromatic N) is 3. The summed E-state index contributed by atoms with van der Waals surface area (Å²) in [5.74, 6) is -0.0636. The lowest BCUT2D eigenvalue weighted by Gasteiger charge is -2.20. The van der Waals surface area contributed by atoms with E-state index in [0.717, 1.165) is 29.7 Å². The molecule has 1 saturated heterocycles. The van der Waals surface area contributed by atoms with Crippen LogP contribution in [0.2, 0.25) is 0 Å². The zero-order chi connectivity index (χ0) is 16.4. The zero-order valence-corrected chi connectivity index (χ0v) is 13.7. The van der Waals surface area contributed by atoms with Gasteiger partial charge in [-0.1, -0.05) is 6.92 Å². The molecule has 1 N–H and O–H groups in total. The fourth-order valence-corrected chi connectivity index (χ4v) is 3.02. The summed E-state index contributed by atoms with van der Waals surface area (Å²) in [5, 5.41) is 7.40. The highest BCUT2D eigenvalue weighted by Crippen LogP contribution is 2.31. The molecule has 3 heterocycles. The molecule has 0 aliphatic carbocycles. The van der Waals surface area contributed by atoms with E-state index in [0.29, 0.717) is 12.2 Å². The Kier molecular flexibility index (Phi) is 4.43. The summed E-state index contributed by atoms with van der Waals surface area (Å²) < 4.78 is 7.69. The van der Waals surface area contributed by atoms with Crippen LogP contribution in [-0.4, -0.2) is 33.3 Å². The lowest BCUT2D eigenvalue weighted by atomic mass is 10.0. The molecule has 3 rings (SSSR count). The molecule has 1 amide bonds. The van der Waals surface area contributed by atoms with Crippen molar-refractivity contribution in [3.8, 4) is 0 Å². The maximum atomic E-state index is 12.6. The Bertz CT molecular complexity index is 710. The molecule has 0 radical (unpaired) electrons. The predicted molar refractivity (Wildman–Crippen MR) is 86.1 cm³/mol. The fourth-order valence-electron chi connectivity index (χ4n) is 3.02. The van der Waals surface area contributed by atoms with E-state index in [-0.39, 0.29) is 18.1 Å². The van der Waals surface area contributed by atoms with Crippen molar-refractivity contribution in [1.29, 1.82) is 0 Å². The smallest absolute Gasteiger partial charge is 0.251 e. The molecule has 1 aliphatic rings. The average Bonchev–Trinajstić information content (AvgIpc) is 3.14. The fraction of sp³-hybridized carbons (Fsp3) is 0.471. The number of aryl methyl sites for hydroxylation is 2. The van der Waals surface area contributed by atoms with Crippen LogP contribution in [0.15, 0.2) is 24.7 Å². The van der Waals surface area contributed by atoms with Crippen LogP contribution < -0.4 is 5.32 Å². The standard InChI is InChI=1S/C17H22N4O2/c1-4-12-9-18-7-5-13(12)17(22)20-15-6-8-23-16(15)14-10-19-21(3)11(14)2/h5,7,9-10,15-16H,4,6,8H2,1-3H3,(H,20,22)/t15-,16+/m0/s1. The minimum atomic E-state index is -0.139. The Labute approximate surface area is 135 Å². The minimum absolute atomic E-state index is 0.0386. The number of nitrogens with one attached hydrogen (secondary N) is 1. The first-order valence-electron chi connectivity index (χ1n) is 7.95. The van der Waals surface area contributed by atoms with E-state index in [2.05, 4.69) is 15.4 Å². The van der Waals surface area contributed by atoms with Crippen LogP contribution in [0.3, 0.4) is 0 Å². The SMILES string of the molecule is CCc1cnccc1C(=O)N[C@H]1CCO[C@@H]1c1cnn(C)c1C. The molecule has 0 bridgehead atoms. The maximum Gasteiger partial charge on any atom is 0.251 e. The number of carbonyl (C=O) groups excluding carboxylic acids is 1. The van der Waals surface area contributed by atoms with Crippen molar-refractivity contribution in [2.24, 2.45) is 7.05 Å². The molecular weight excluding hydrogens is 292 g/mol. The van der Waals surface area contributed by atoms with Gasteiger partial charge >= 0.3 is 0 Å². The quantitative estimate of drug-likeness (QED) is 0.936. The maximum absolute atomic E-state index is 12.6. The number of aromatic nitrogens is 3. The van der Waals surface area contributed by atoms with E-state index in [4.69, 9.17) is 4.74 Å². The Morgan fingerprint density at radius 3 is 3.00 bits per heavy atom. The van der Waals surface area contributed by atoms with E-state index in [1.165, 1.54) is 0 Å². The first-order valence-corrected chi connectivity index (χ1v) is 7.95. The Morgan fingerprint density at radius 1 is 1.48 bits per heavy atom. The second-order valence-corrected chi connectivity index (χ2v) is 5.86. The van der Waals surface area contributed by atoms with Crippen molar-refractivity contribution in [2.75, 3.05) is 6.61 Å². The molecule has 1 aliphatic heterocycles. The van der Waals surface area contributed by atoms with E-state index in [1.807, 2.05) is 31.8 Å². The highest BCUT2D eigenvalue weighted by atomic mass is 16.5. The first kappa shape index (κ1) is 15.7. The van der Waals surface area contributed by atoms with Crippen LogP contribution in [0.5, 0.6) is 0 Å². The van der Waals surface area contributed by atoms with Crippen molar-refractivity contribution in [3.63, 3.8) is 0 Å². The van der Waals surface area contributed by atoms with Crippen molar-refractivity contribution in [1.82, 2.24) is 20.1 Å². The van der Waals surface area contributed by atoms with Gasteiger partial charge in [-0.15, -0.1) is 0 Å². The van der Waals surface area contributed by atoms with Gasteiger partial charge in [0.25, 0.3) is 5.91 Å². The van der Waals surface area contributed by atoms with Crippen LogP contribution in [0.1, 0.15) is 46.6 Å². The molecule has 23 heavy (non-hydrogen) atoms. The summed E-state index contributed by atoms with van der Waals surface area (Å²) in [6.07, 6.45) is 6.68. The van der Waals surface area contributed by atoms with Gasteiger partial charge in [0.2, 0.25) is 0 Å². The van der Waals surface area contributed by atoms with Gasteiger partial charge in [0.15, 0.2) is 0 Å². The Morgan fingerprint density at radius 2 is 2.30 bits per heavy atom. The highest BCUT2D eigenvalue weighted by molar-refractivity contribution is 5.95. The lowest BCUT2D eigenvalue weighted by molar-refractivity contribution is 0.0818. The van der Waals surface area contributed by atoms with Gasteiger partial charge in [-0.05, 0) is 31.4 Å². The Balaban J connectivity index is 1.79. The molecule has 2 atom stereocenters. The summed E-state index contributed by atoms with van der Waals surface area (Å²) in [6.45, 7) is 4.68. The number of amides is 1. The Hall–Kier alpha value is -2.21. The zero-order valence-electron chi connectivity index (χ0n) is 13.7. The molecule has 6 heteroatoms. The largest absolute Gasteiger partial charge is 0.371 e. The summed E-state index contributed by atoms with van der Waals surface area (Å²) >= 11 is 0. The second kappa shape index (κ2) is 6.50. The van der Waals surface area contributed by atoms with Crippen molar-refractivity contribution < 1.29 is 9.53 Å². The molecule has 6 nitrogen and oxygen atoms in total. The van der Waals surface area contributed by atoms with E-state index >= 15 is 0 Å². The van der Waals surface area contributed by atoms with Crippen molar-refractivity contribution in [2.45, 2.75) is 38.8 Å². The second-order valence-electron chi connectivity index (χ2n) is 5.86. The highest BCUT2D eigenvalue weighted by Gasteiger charge is 2.33. The van der Waals surface area contributed by atoms with Gasteiger partial charge in [0, 0.05) is 42.9 Å². The van der Waals surface area contributed by atoms with Crippen LogP contribution in [0.4, 0.5) is 0 Å². The summed E-state index contributed by atoms with van der Waals surface area (Å²) in [6, 6.07) is 1.73. The molecule has 0 saturated carbocycles. The molecule has 1 fully saturated rings. The molecular formula is C17H22N4O2. The number of pyridine rings is 1. The predicted octanol–water partition coefficient (Wildman–Crippen LogP) is 1.95. The van der Waals surface area contributed by atoms with Gasteiger partial charge in [-0.3, -0.25) is 14.5 Å². The van der Waals surface area contributed by atoms with Crippen LogP contribution >= 0.6 is 0 Å². The van der Waals surface area contributed by atoms with Gasteiger partial charge in [-0.25, -0.2) is 0 Å². The van der Waals surface area contributed by atoms with Crippen LogP contribution in [0, 0.1) is 6.92 Å². The van der Waals surface area contributed by atoms with Crippen LogP contribution in [-0.2, 0) is 18.2 Å². The summed E-state index contributed by atoms with van der Waals surface area (Å²) in [7, 11) is 1.91. The molecule has 122 valence electrons. The number of ether oxygens (including phenoxy) is 1. The normalized spacial score (nSPS) is 20.7. The van der Waals surface area contributed by atoms with Gasteiger partial charge < -0.3 is 10.1 Å². The van der Waals surface area contributed by atoms with E-state index < -0.39 is 0 Å². The van der Waals surface area contributed by atoms with Gasteiger partial charge in [0.05, 0.1) is 12.2 Å². The average molecular weight is 314 g/mol. The van der Waals surface area contributed by atoms with Crippen LogP contribution in [0.25, 0.3) is 0 Å². The van der Waals surface area contributed by atoms with E-state index in [9.17, 15) is 4.79 Å². The minimum Gasteiger partial charge on any atom is -0.371 e. The summed E-state index contributed by atoms with van der Waals surface area (Å²) in [5.41, 5.74) is 3.75. The third-order valence-electron chi connectivity index (χ3n) is 4.52. The number of hydrogen-bond acceptors (Lipinski definition) is 4. The molecule has 0 unspecified atom stereocenters. The summed E-state index contributed by atoms with van der Waals surface area (Å²) in [4.78, 5) is 16.7. The van der Waals surface area contributed by atoms with Gasteiger partial charge in [-0.2, -0.15) is 5.10 Å². The molecule has 0 aromatic carbocycles. The first-order chi connectivity index (χ1) is 11.1. The van der Waals surface area contributed by atoms with Gasteiger partial charge in [0.1, 0.15) is 6.10 Å². The van der Waals surface area contributed by atoms with Crippen molar-refractivity contribution >= 4 is 5.91 Å². The lowest BCUT2D eigenvalue weighted by Crippen LogP contribution is -2.37. The number of rotatable bonds is 4. The molecule has 0 spiro atoms. The topological polar surface area (TPSA) is 69.0 Å². The third kappa shape index (κ3) is 2.99.